The van der Waals surface area contributed by atoms with Gasteiger partial charge >= 0.3 is 77.6 Å². The Morgan fingerprint density at radius 1 is 0.533 bits per heavy atom. The Morgan fingerprint density at radius 3 is 0.533 bits per heavy atom. The zero-order valence-electron chi connectivity index (χ0n) is 6.83. The van der Waals surface area contributed by atoms with Crippen molar-refractivity contribution in [2.45, 2.75) is 0 Å². The molecule has 0 atom stereocenters. The molecule has 15 heteroatoms. The summed E-state index contributed by atoms with van der Waals surface area (Å²) in [7, 11) is 25.6. The SMILES string of the molecule is Cl.Cl.Cl.O.[NH2][Co]([NH2])([NH2])([NH2])([NH2])([Cl])([Cl])([Cl])([Cl])[Cl]. The van der Waals surface area contributed by atoms with E-state index in [4.69, 9.17) is 74.6 Å². The summed E-state index contributed by atoms with van der Waals surface area (Å²) in [5.41, 5.74) is 0. The van der Waals surface area contributed by atoms with E-state index in [0.717, 1.165) is 0 Å². The normalized spacial score (nSPS) is 28.7. The quantitative estimate of drug-likeness (QED) is 0.375. The molecule has 0 heterocycles. The van der Waals surface area contributed by atoms with Crippen molar-refractivity contribution >= 4 is 88.0 Å². The fourth-order valence-corrected chi connectivity index (χ4v) is 0. The van der Waals surface area contributed by atoms with Crippen LogP contribution in [0.25, 0.3) is 0 Å². The van der Waals surface area contributed by atoms with E-state index in [1.165, 1.54) is 0 Å². The number of nitrogens with two attached hydrogens (primary N) is 5. The van der Waals surface area contributed by atoms with Gasteiger partial charge in [-0.25, -0.2) is 0 Å². The van der Waals surface area contributed by atoms with E-state index in [0.29, 0.717) is 0 Å². The predicted molar refractivity (Wildman–Crippen MR) is 75.6 cm³/mol. The summed E-state index contributed by atoms with van der Waals surface area (Å²) >= 11 is 0. The van der Waals surface area contributed by atoms with Gasteiger partial charge in [0.05, 0.1) is 0 Å². The molecule has 0 saturated heterocycles. The first-order valence-electron chi connectivity index (χ1n) is 1.59. The van der Waals surface area contributed by atoms with Crippen molar-refractivity contribution in [3.05, 3.63) is 0 Å². The molecule has 0 saturated carbocycles. The number of hydrogen-bond donors (Lipinski definition) is 5. The van der Waals surface area contributed by atoms with Crippen molar-refractivity contribution < 1.29 is 8.41 Å². The third kappa shape index (κ3) is 528. The Balaban J connectivity index is -0.0000000833. The fraction of sp³-hybridized carbons (Fsp3) is 0. The van der Waals surface area contributed by atoms with Crippen LogP contribution in [0.5, 0.6) is 0 Å². The Hall–Kier alpha value is 2.59. The van der Waals surface area contributed by atoms with Crippen molar-refractivity contribution in [1.29, 1.82) is 0 Å². The van der Waals surface area contributed by atoms with Crippen LogP contribution >= 0.6 is 88.0 Å². The van der Waals surface area contributed by atoms with E-state index in [-0.39, 0.29) is 42.7 Å². The van der Waals surface area contributed by atoms with Crippen LogP contribution in [-0.2, 0) is 2.94 Å². The zero-order chi connectivity index (χ0) is 10.3. The molecule has 111 valence electrons. The number of rotatable bonds is 0. The number of halogens is 8. The Labute approximate surface area is 119 Å². The summed E-state index contributed by atoms with van der Waals surface area (Å²) in [4.78, 5) is 24.3. The second kappa shape index (κ2) is 1.78. The van der Waals surface area contributed by atoms with Crippen molar-refractivity contribution in [3.63, 3.8) is 0 Å². The van der Waals surface area contributed by atoms with Crippen LogP contribution in [0, 0.1) is 0 Å². The van der Waals surface area contributed by atoms with E-state index in [1.54, 1.807) is 0 Å². The van der Waals surface area contributed by atoms with Crippen molar-refractivity contribution in [3.8, 4) is 0 Å². The molecule has 0 aliphatic carbocycles. The standard InChI is InChI=1S/8ClH.Co.5H2N.H2O/h8*1H;;6*1H2/q;;;;;;;;+10;5*-1;/p-5. The molecule has 0 aliphatic rings. The average molecular weight is 444 g/mol. The average Bonchev–Trinajstić information content (AvgIpc) is 0.439. The van der Waals surface area contributed by atoms with Gasteiger partial charge in [0.2, 0.25) is 0 Å². The predicted octanol–water partition coefficient (Wildman–Crippen LogP) is 0.933. The summed E-state index contributed by atoms with van der Waals surface area (Å²) in [6.07, 6.45) is 0. The first-order valence-corrected chi connectivity index (χ1v) is 11.8. The molecule has 0 bridgehead atoms. The molecule has 0 aromatic carbocycles. The van der Waals surface area contributed by atoms with E-state index in [9.17, 15) is 0 Å². The fourth-order valence-electron chi connectivity index (χ4n) is 0. The summed E-state index contributed by atoms with van der Waals surface area (Å²) in [6.45, 7) is 0. The topological polar surface area (TPSA) is 162 Å². The van der Waals surface area contributed by atoms with Crippen LogP contribution < -0.4 is 23.9 Å². The molecule has 0 unspecified atom stereocenters. The molecular formula is H15Cl8CoN5O. The van der Waals surface area contributed by atoms with Crippen LogP contribution in [0.2, 0.25) is 0 Å². The third-order valence-corrected chi connectivity index (χ3v) is 0. The Morgan fingerprint density at radius 2 is 0.533 bits per heavy atom. The molecule has 0 spiro atoms. The van der Waals surface area contributed by atoms with Gasteiger partial charge in [0, 0.05) is 0 Å². The Kier molecular flexibility index (Phi) is 3.62. The summed E-state index contributed by atoms with van der Waals surface area (Å²) in [5, 5.41) is 0. The maximum atomic E-state index is 5.12. The van der Waals surface area contributed by atoms with E-state index in [2.05, 4.69) is 0 Å². The molecule has 0 aliphatic heterocycles. The monoisotopic (exact) mass is 440 g/mol. The molecule has 0 radical (unpaired) electrons. The second-order valence-electron chi connectivity index (χ2n) is 3.41. The van der Waals surface area contributed by atoms with Gasteiger partial charge in [-0.2, -0.15) is 0 Å². The molecule has 0 fully saturated rings. The molecular weight excluding hydrogens is 429 g/mol. The third-order valence-electron chi connectivity index (χ3n) is 0. The first-order chi connectivity index (χ1) is 3.16. The van der Waals surface area contributed by atoms with Crippen LogP contribution in [0.15, 0.2) is 0 Å². The maximum absolute atomic E-state index is 9.00. The Bertz CT molecular complexity index is 270. The molecule has 0 aromatic heterocycles. The van der Waals surface area contributed by atoms with Gasteiger partial charge in [0.15, 0.2) is 0 Å². The van der Waals surface area contributed by atoms with Gasteiger partial charge in [-0.1, -0.05) is 0 Å². The van der Waals surface area contributed by atoms with Crippen LogP contribution in [-0.4, -0.2) is 5.48 Å². The molecule has 12 N–H and O–H groups in total. The van der Waals surface area contributed by atoms with Gasteiger partial charge in [-0.15, -0.1) is 37.2 Å². The molecule has 0 amide bonds. The van der Waals surface area contributed by atoms with Crippen molar-refractivity contribution in [2.75, 3.05) is 0 Å². The minimum atomic E-state index is -9.00. The number of hydrogen-bond acceptors (Lipinski definition) is 5. The van der Waals surface area contributed by atoms with Gasteiger partial charge in [0.25, 0.3) is 0 Å². The van der Waals surface area contributed by atoms with Crippen LogP contribution in [0.4, 0.5) is 0 Å². The second-order valence-corrected chi connectivity index (χ2v) is 44.7. The molecule has 0 rings (SSSR count). The van der Waals surface area contributed by atoms with E-state index in [1.807, 2.05) is 0 Å². The van der Waals surface area contributed by atoms with Crippen LogP contribution in [0.1, 0.15) is 0 Å². The minimum absolute atomic E-state index is 0. The van der Waals surface area contributed by atoms with Crippen molar-refractivity contribution in [2.24, 2.45) is 23.9 Å². The zero-order valence-corrected chi connectivity index (χ0v) is 14.1. The van der Waals surface area contributed by atoms with Crippen LogP contribution in [0.3, 0.4) is 0 Å². The summed E-state index contributed by atoms with van der Waals surface area (Å²) in [6, 6.07) is 0. The molecule has 6 nitrogen and oxygen atoms in total. The van der Waals surface area contributed by atoms with Gasteiger partial charge in [-0.3, -0.25) is 0 Å². The molecule has 0 aromatic rings. The van der Waals surface area contributed by atoms with E-state index >= 15 is 0 Å². The van der Waals surface area contributed by atoms with Crippen molar-refractivity contribution in [1.82, 2.24) is 0 Å². The van der Waals surface area contributed by atoms with E-state index < -0.39 is 2.94 Å². The first kappa shape index (κ1) is 30.5. The van der Waals surface area contributed by atoms with Gasteiger partial charge in [-0.05, 0) is 0 Å². The molecule has 15 heavy (non-hydrogen) atoms. The van der Waals surface area contributed by atoms with Gasteiger partial charge < -0.3 is 5.48 Å². The summed E-state index contributed by atoms with van der Waals surface area (Å²) in [5.74, 6) is 0. The summed E-state index contributed by atoms with van der Waals surface area (Å²) < 4.78 is -9.00. The van der Waals surface area contributed by atoms with Gasteiger partial charge in [0.1, 0.15) is 0 Å².